The summed E-state index contributed by atoms with van der Waals surface area (Å²) in [5.41, 5.74) is 2.20. The van der Waals surface area contributed by atoms with Gasteiger partial charge in [0.2, 0.25) is 0 Å². The predicted octanol–water partition coefficient (Wildman–Crippen LogP) is 5.03. The molecule has 4 rings (SSSR count). The van der Waals surface area contributed by atoms with Crippen molar-refractivity contribution in [3.63, 3.8) is 0 Å². The van der Waals surface area contributed by atoms with E-state index >= 15 is 0 Å². The van der Waals surface area contributed by atoms with Gasteiger partial charge in [0.25, 0.3) is 5.91 Å². The Kier molecular flexibility index (Phi) is 6.25. The third-order valence-corrected chi connectivity index (χ3v) is 4.95. The summed E-state index contributed by atoms with van der Waals surface area (Å²) in [5, 5.41) is 12.7. The molecule has 2 aromatic heterocycles. The summed E-state index contributed by atoms with van der Waals surface area (Å²) in [6, 6.07) is 18.1. The van der Waals surface area contributed by atoms with E-state index in [-0.39, 0.29) is 18.3 Å². The van der Waals surface area contributed by atoms with Gasteiger partial charge in [0, 0.05) is 28.0 Å². The molecule has 0 saturated heterocycles. The van der Waals surface area contributed by atoms with E-state index in [9.17, 15) is 4.79 Å². The zero-order valence-corrected chi connectivity index (χ0v) is 18.1. The van der Waals surface area contributed by atoms with Crippen LogP contribution in [0.3, 0.4) is 0 Å². The summed E-state index contributed by atoms with van der Waals surface area (Å²) in [6.45, 7) is 2.63. The van der Waals surface area contributed by atoms with Crippen LogP contribution in [0.2, 0.25) is 10.0 Å². The molecule has 0 atom stereocenters. The highest BCUT2D eigenvalue weighted by atomic mass is 35.5. The third kappa shape index (κ3) is 5.45. The van der Waals surface area contributed by atoms with Crippen molar-refractivity contribution in [3.05, 3.63) is 93.9 Å². The highest BCUT2D eigenvalue weighted by molar-refractivity contribution is 6.30. The van der Waals surface area contributed by atoms with Crippen LogP contribution in [0.4, 0.5) is 5.82 Å². The maximum absolute atomic E-state index is 12.6. The van der Waals surface area contributed by atoms with Gasteiger partial charge in [-0.15, -0.1) is 0 Å². The molecule has 0 saturated carbocycles. The monoisotopic (exact) mass is 455 g/mol. The van der Waals surface area contributed by atoms with Gasteiger partial charge in [-0.3, -0.25) is 9.48 Å². The number of rotatable bonds is 7. The fraction of sp³-hybridized carbons (Fsp3) is 0.136. The van der Waals surface area contributed by atoms with Gasteiger partial charge in [-0.05, 0) is 48.9 Å². The Morgan fingerprint density at radius 2 is 1.81 bits per heavy atom. The van der Waals surface area contributed by atoms with Gasteiger partial charge in [-0.2, -0.15) is 10.2 Å². The molecule has 31 heavy (non-hydrogen) atoms. The van der Waals surface area contributed by atoms with Crippen LogP contribution >= 0.6 is 23.2 Å². The van der Waals surface area contributed by atoms with Crippen LogP contribution < -0.4 is 10.1 Å². The average Bonchev–Trinajstić information content (AvgIpc) is 3.33. The summed E-state index contributed by atoms with van der Waals surface area (Å²) in [5.74, 6) is 0.720. The molecule has 9 heteroatoms. The van der Waals surface area contributed by atoms with E-state index in [1.807, 2.05) is 37.3 Å². The van der Waals surface area contributed by atoms with Crippen molar-refractivity contribution in [3.8, 4) is 5.75 Å². The van der Waals surface area contributed by atoms with Gasteiger partial charge in [0.05, 0.1) is 6.54 Å². The predicted molar refractivity (Wildman–Crippen MR) is 120 cm³/mol. The Bertz CT molecular complexity index is 1220. The van der Waals surface area contributed by atoms with Gasteiger partial charge in [-0.25, -0.2) is 4.68 Å². The lowest BCUT2D eigenvalue weighted by atomic mass is 10.2. The molecule has 0 fully saturated rings. The van der Waals surface area contributed by atoms with Gasteiger partial charge < -0.3 is 10.1 Å². The molecule has 2 aromatic carbocycles. The Morgan fingerprint density at radius 1 is 1.03 bits per heavy atom. The Morgan fingerprint density at radius 3 is 2.58 bits per heavy atom. The van der Waals surface area contributed by atoms with Gasteiger partial charge in [0.15, 0.2) is 18.2 Å². The van der Waals surface area contributed by atoms with Crippen molar-refractivity contribution in [1.82, 2.24) is 19.6 Å². The molecule has 0 spiro atoms. The first-order valence-electron chi connectivity index (χ1n) is 9.48. The van der Waals surface area contributed by atoms with Crippen LogP contribution in [-0.2, 0) is 13.3 Å². The number of anilines is 1. The van der Waals surface area contributed by atoms with Crippen molar-refractivity contribution in [2.45, 2.75) is 20.2 Å². The maximum atomic E-state index is 12.6. The molecule has 7 nitrogen and oxygen atoms in total. The lowest BCUT2D eigenvalue weighted by Crippen LogP contribution is -2.15. The molecule has 158 valence electrons. The number of halogens is 2. The van der Waals surface area contributed by atoms with Crippen LogP contribution in [0.15, 0.2) is 66.9 Å². The molecule has 2 heterocycles. The van der Waals surface area contributed by atoms with Crippen molar-refractivity contribution < 1.29 is 9.53 Å². The Balaban J connectivity index is 1.37. The van der Waals surface area contributed by atoms with E-state index in [4.69, 9.17) is 27.9 Å². The number of nitrogens with one attached hydrogen (secondary N) is 1. The molecule has 0 aliphatic rings. The average molecular weight is 456 g/mol. The van der Waals surface area contributed by atoms with E-state index in [0.717, 1.165) is 11.3 Å². The second kappa shape index (κ2) is 9.24. The van der Waals surface area contributed by atoms with Crippen LogP contribution in [0.1, 0.15) is 21.7 Å². The molecule has 0 aliphatic carbocycles. The fourth-order valence-corrected chi connectivity index (χ4v) is 3.37. The van der Waals surface area contributed by atoms with E-state index in [2.05, 4.69) is 15.5 Å². The van der Waals surface area contributed by atoms with E-state index in [0.29, 0.717) is 28.2 Å². The topological polar surface area (TPSA) is 74.0 Å². The smallest absolute Gasteiger partial charge is 0.277 e. The van der Waals surface area contributed by atoms with Gasteiger partial charge >= 0.3 is 0 Å². The number of amides is 1. The number of nitrogens with zero attached hydrogens (tertiary/aromatic N) is 4. The number of ether oxygens (including phenoxy) is 1. The Hall–Kier alpha value is -3.29. The van der Waals surface area contributed by atoms with Crippen molar-refractivity contribution >= 4 is 34.9 Å². The second-order valence-corrected chi connectivity index (χ2v) is 7.76. The highest BCUT2D eigenvalue weighted by Gasteiger charge is 2.13. The molecule has 1 N–H and O–H groups in total. The first kappa shape index (κ1) is 21.0. The number of aromatic nitrogens is 4. The zero-order chi connectivity index (χ0) is 21.8. The summed E-state index contributed by atoms with van der Waals surface area (Å²) in [4.78, 5) is 12.6. The van der Waals surface area contributed by atoms with E-state index < -0.39 is 0 Å². The first-order valence-corrected chi connectivity index (χ1v) is 10.2. The van der Waals surface area contributed by atoms with Crippen LogP contribution in [0, 0.1) is 6.92 Å². The molecule has 0 radical (unpaired) electrons. The molecule has 0 unspecified atom stereocenters. The van der Waals surface area contributed by atoms with Crippen LogP contribution in [0.25, 0.3) is 0 Å². The number of hydrogen-bond acceptors (Lipinski definition) is 4. The quantitative estimate of drug-likeness (QED) is 0.423. The number of carbonyl (C=O) groups is 1. The minimum Gasteiger partial charge on any atom is -0.471 e. The van der Waals surface area contributed by atoms with Crippen LogP contribution in [0.5, 0.6) is 5.75 Å². The molecule has 4 aromatic rings. The molecule has 1 amide bonds. The van der Waals surface area contributed by atoms with Crippen molar-refractivity contribution in [2.75, 3.05) is 5.32 Å². The first-order chi connectivity index (χ1) is 15.0. The van der Waals surface area contributed by atoms with E-state index in [1.54, 1.807) is 41.2 Å². The summed E-state index contributed by atoms with van der Waals surface area (Å²) in [6.07, 6.45) is 1.67. The number of carbonyl (C=O) groups excluding carboxylic acids is 1. The van der Waals surface area contributed by atoms with Crippen molar-refractivity contribution in [2.24, 2.45) is 0 Å². The molecular formula is C22H19Cl2N5O2. The third-order valence-electron chi connectivity index (χ3n) is 4.48. The lowest BCUT2D eigenvalue weighted by molar-refractivity contribution is 0.101. The van der Waals surface area contributed by atoms with Gasteiger partial charge in [0.1, 0.15) is 5.75 Å². The minimum absolute atomic E-state index is 0.154. The number of hydrogen-bond donors (Lipinski definition) is 1. The molecule has 0 aliphatic heterocycles. The SMILES string of the molecule is Cc1cc(NC(=O)c2ccn(COc3cccc(Cl)c3)n2)nn1Cc1cccc(Cl)c1. The van der Waals surface area contributed by atoms with E-state index in [1.165, 1.54) is 4.68 Å². The normalized spacial score (nSPS) is 10.8. The summed E-state index contributed by atoms with van der Waals surface area (Å²) >= 11 is 12.0. The fourth-order valence-electron chi connectivity index (χ4n) is 2.97. The standard InChI is InChI=1S/C22H19Cl2N5O2/c1-15-10-21(27-29(15)13-16-4-2-5-17(23)11-16)25-22(30)20-8-9-28(26-20)14-31-19-7-3-6-18(24)12-19/h2-12H,13-14H2,1H3,(H,25,27,30). The number of aryl methyl sites for hydroxylation is 1. The zero-order valence-electron chi connectivity index (χ0n) is 16.6. The van der Waals surface area contributed by atoms with Gasteiger partial charge in [-0.1, -0.05) is 41.4 Å². The Labute approximate surface area is 189 Å². The minimum atomic E-state index is -0.353. The molecule has 0 bridgehead atoms. The largest absolute Gasteiger partial charge is 0.471 e. The summed E-state index contributed by atoms with van der Waals surface area (Å²) in [7, 11) is 0. The number of benzene rings is 2. The van der Waals surface area contributed by atoms with Crippen molar-refractivity contribution in [1.29, 1.82) is 0 Å². The maximum Gasteiger partial charge on any atom is 0.277 e. The summed E-state index contributed by atoms with van der Waals surface area (Å²) < 4.78 is 8.96. The highest BCUT2D eigenvalue weighted by Crippen LogP contribution is 2.18. The second-order valence-electron chi connectivity index (χ2n) is 6.88. The lowest BCUT2D eigenvalue weighted by Gasteiger charge is -2.06. The molecular weight excluding hydrogens is 437 g/mol. The van der Waals surface area contributed by atoms with Crippen LogP contribution in [-0.4, -0.2) is 25.5 Å².